The number of carbonyl (C=O) groups is 2. The van der Waals surface area contributed by atoms with Gasteiger partial charge in [-0.15, -0.1) is 0 Å². The van der Waals surface area contributed by atoms with E-state index in [2.05, 4.69) is 46.3 Å². The van der Waals surface area contributed by atoms with Crippen LogP contribution in [0.15, 0.2) is 30.3 Å². The third-order valence-electron chi connectivity index (χ3n) is 6.76. The van der Waals surface area contributed by atoms with Crippen molar-refractivity contribution in [3.63, 3.8) is 0 Å². The molecule has 3 aliphatic heterocycles. The van der Waals surface area contributed by atoms with Gasteiger partial charge in [-0.05, 0) is 50.8 Å². The second-order valence-electron chi connectivity index (χ2n) is 8.45. The number of hydrogen-bond donors (Lipinski definition) is 1. The van der Waals surface area contributed by atoms with Gasteiger partial charge in [0.2, 0.25) is 0 Å². The summed E-state index contributed by atoms with van der Waals surface area (Å²) in [7, 11) is 0. The maximum Gasteiger partial charge on any atom is 0.325 e. The van der Waals surface area contributed by atoms with E-state index in [-0.39, 0.29) is 18.0 Å². The van der Waals surface area contributed by atoms with E-state index in [0.29, 0.717) is 12.8 Å². The fraction of sp³-hybridized carbons (Fsp3) is 0.636. The molecule has 4 rings (SSSR count). The summed E-state index contributed by atoms with van der Waals surface area (Å²) in [6.45, 7) is 7.71. The van der Waals surface area contributed by atoms with Gasteiger partial charge >= 0.3 is 6.03 Å². The van der Waals surface area contributed by atoms with Gasteiger partial charge in [-0.1, -0.05) is 37.3 Å². The Hall–Kier alpha value is -1.92. The van der Waals surface area contributed by atoms with Crippen LogP contribution in [0, 0.1) is 0 Å². The van der Waals surface area contributed by atoms with E-state index in [1.807, 2.05) is 6.07 Å². The van der Waals surface area contributed by atoms with Crippen LogP contribution < -0.4 is 5.32 Å². The van der Waals surface area contributed by atoms with E-state index >= 15 is 0 Å². The molecule has 1 spiro atoms. The van der Waals surface area contributed by atoms with Crippen LogP contribution in [0.4, 0.5) is 4.79 Å². The molecular weight excluding hydrogens is 352 g/mol. The van der Waals surface area contributed by atoms with Crippen molar-refractivity contribution >= 4 is 11.9 Å². The van der Waals surface area contributed by atoms with Crippen molar-refractivity contribution < 1.29 is 9.59 Å². The van der Waals surface area contributed by atoms with E-state index in [0.717, 1.165) is 58.5 Å². The van der Waals surface area contributed by atoms with Crippen LogP contribution in [-0.2, 0) is 11.2 Å². The number of carbonyl (C=O) groups excluding carboxylic acids is 2. The van der Waals surface area contributed by atoms with Gasteiger partial charge in [-0.25, -0.2) is 4.79 Å². The van der Waals surface area contributed by atoms with Crippen molar-refractivity contribution in [2.45, 2.75) is 50.6 Å². The van der Waals surface area contributed by atoms with Gasteiger partial charge in [-0.2, -0.15) is 0 Å². The average molecular weight is 385 g/mol. The number of nitrogens with zero attached hydrogens (tertiary/aromatic N) is 3. The van der Waals surface area contributed by atoms with E-state index in [1.165, 1.54) is 5.56 Å². The second kappa shape index (κ2) is 8.21. The Bertz CT molecular complexity index is 700. The molecule has 3 amide bonds. The average Bonchev–Trinajstić information content (AvgIpc) is 2.98. The largest absolute Gasteiger partial charge is 0.325 e. The fourth-order valence-electron chi connectivity index (χ4n) is 4.93. The molecule has 6 nitrogen and oxygen atoms in total. The maximum atomic E-state index is 13.3. The molecule has 0 saturated carbocycles. The lowest BCUT2D eigenvalue weighted by Gasteiger charge is -2.39. The van der Waals surface area contributed by atoms with Gasteiger partial charge in [0.15, 0.2) is 0 Å². The number of rotatable bonds is 5. The van der Waals surface area contributed by atoms with Crippen LogP contribution in [0.25, 0.3) is 0 Å². The number of piperidine rings is 2. The second-order valence-corrected chi connectivity index (χ2v) is 8.45. The van der Waals surface area contributed by atoms with Gasteiger partial charge in [0, 0.05) is 26.2 Å². The highest BCUT2D eigenvalue weighted by Gasteiger charge is 2.54. The molecule has 152 valence electrons. The monoisotopic (exact) mass is 384 g/mol. The zero-order valence-corrected chi connectivity index (χ0v) is 16.9. The van der Waals surface area contributed by atoms with Crippen LogP contribution in [0.2, 0.25) is 0 Å². The highest BCUT2D eigenvalue weighted by Crippen LogP contribution is 2.32. The van der Waals surface area contributed by atoms with Crippen molar-refractivity contribution in [3.05, 3.63) is 35.9 Å². The summed E-state index contributed by atoms with van der Waals surface area (Å²) in [4.78, 5) is 32.3. The van der Waals surface area contributed by atoms with Crippen LogP contribution in [-0.4, -0.2) is 77.5 Å². The van der Waals surface area contributed by atoms with Crippen LogP contribution in [0.3, 0.4) is 0 Å². The molecule has 3 aliphatic rings. The SMILES string of the molecule is CCN1CCC[C@@H](N2C(=O)NC3(CCN(CCc4ccccc4)CC3)C2=O)C1. The molecular formula is C22H32N4O2. The first-order valence-electron chi connectivity index (χ1n) is 10.8. The topological polar surface area (TPSA) is 55.9 Å². The Morgan fingerprint density at radius 1 is 1.07 bits per heavy atom. The fourth-order valence-corrected chi connectivity index (χ4v) is 4.93. The summed E-state index contributed by atoms with van der Waals surface area (Å²) in [5.74, 6) is 0.0168. The standard InChI is InChI=1S/C22H32N4O2/c1-2-24-13-6-9-19(17-24)26-20(27)22(23-21(26)28)11-15-25(16-12-22)14-10-18-7-4-3-5-8-18/h3-5,7-8,19H,2,6,9-17H2,1H3,(H,23,28)/t19-/m1/s1. The molecule has 1 N–H and O–H groups in total. The third kappa shape index (κ3) is 3.80. The molecule has 1 aromatic carbocycles. The first-order valence-corrected chi connectivity index (χ1v) is 10.8. The number of urea groups is 1. The van der Waals surface area contributed by atoms with Crippen molar-refractivity contribution in [2.24, 2.45) is 0 Å². The summed E-state index contributed by atoms with van der Waals surface area (Å²) in [5, 5.41) is 3.09. The lowest BCUT2D eigenvalue weighted by molar-refractivity contribution is -0.135. The van der Waals surface area contributed by atoms with Crippen molar-refractivity contribution in [3.8, 4) is 0 Å². The number of nitrogens with one attached hydrogen (secondary N) is 1. The minimum absolute atomic E-state index is 0.0168. The molecule has 3 heterocycles. The van der Waals surface area contributed by atoms with Gasteiger partial charge < -0.3 is 15.1 Å². The van der Waals surface area contributed by atoms with Crippen molar-refractivity contribution in [1.29, 1.82) is 0 Å². The molecule has 3 fully saturated rings. The number of amides is 3. The molecule has 0 aromatic heterocycles. The summed E-state index contributed by atoms with van der Waals surface area (Å²) in [6.07, 6.45) is 4.43. The van der Waals surface area contributed by atoms with Gasteiger partial charge in [0.1, 0.15) is 5.54 Å². The molecule has 0 radical (unpaired) electrons. The predicted octanol–water partition coefficient (Wildman–Crippen LogP) is 2.10. The quantitative estimate of drug-likeness (QED) is 0.790. The molecule has 3 saturated heterocycles. The first kappa shape index (κ1) is 19.4. The van der Waals surface area contributed by atoms with Crippen LogP contribution in [0.1, 0.15) is 38.2 Å². The Labute approximate surface area is 167 Å². The van der Waals surface area contributed by atoms with Gasteiger partial charge in [0.05, 0.1) is 6.04 Å². The summed E-state index contributed by atoms with van der Waals surface area (Å²) in [5.41, 5.74) is 0.673. The third-order valence-corrected chi connectivity index (χ3v) is 6.76. The Morgan fingerprint density at radius 2 is 1.82 bits per heavy atom. The van der Waals surface area contributed by atoms with Crippen LogP contribution in [0.5, 0.6) is 0 Å². The molecule has 0 bridgehead atoms. The minimum Gasteiger partial charge on any atom is -0.323 e. The van der Waals surface area contributed by atoms with E-state index in [4.69, 9.17) is 0 Å². The van der Waals surface area contributed by atoms with Gasteiger partial charge in [0.25, 0.3) is 5.91 Å². The van der Waals surface area contributed by atoms with Crippen LogP contribution >= 0.6 is 0 Å². The molecule has 28 heavy (non-hydrogen) atoms. The van der Waals surface area contributed by atoms with E-state index in [9.17, 15) is 9.59 Å². The first-order chi connectivity index (χ1) is 13.6. The smallest absolute Gasteiger partial charge is 0.323 e. The highest BCUT2D eigenvalue weighted by atomic mass is 16.2. The minimum atomic E-state index is -0.672. The summed E-state index contributed by atoms with van der Waals surface area (Å²) < 4.78 is 0. The number of imide groups is 1. The lowest BCUT2D eigenvalue weighted by atomic mass is 9.87. The highest BCUT2D eigenvalue weighted by molar-refractivity contribution is 6.07. The number of likely N-dealkylation sites (tertiary alicyclic amines) is 2. The summed E-state index contributed by atoms with van der Waals surface area (Å²) in [6, 6.07) is 10.4. The zero-order valence-electron chi connectivity index (χ0n) is 16.9. The number of likely N-dealkylation sites (N-methyl/N-ethyl adjacent to an activating group) is 1. The molecule has 1 atom stereocenters. The summed E-state index contributed by atoms with van der Waals surface area (Å²) >= 11 is 0. The Kier molecular flexibility index (Phi) is 5.69. The van der Waals surface area contributed by atoms with Crippen molar-refractivity contribution in [2.75, 3.05) is 39.3 Å². The molecule has 0 aliphatic carbocycles. The zero-order chi connectivity index (χ0) is 19.6. The van der Waals surface area contributed by atoms with E-state index < -0.39 is 5.54 Å². The molecule has 1 aromatic rings. The van der Waals surface area contributed by atoms with Crippen molar-refractivity contribution in [1.82, 2.24) is 20.0 Å². The molecule has 0 unspecified atom stereocenters. The normalized spacial score (nSPS) is 26.0. The maximum absolute atomic E-state index is 13.3. The predicted molar refractivity (Wildman–Crippen MR) is 109 cm³/mol. The Morgan fingerprint density at radius 3 is 2.54 bits per heavy atom. The lowest BCUT2D eigenvalue weighted by Crippen LogP contribution is -2.56. The van der Waals surface area contributed by atoms with E-state index in [1.54, 1.807) is 4.90 Å². The molecule has 6 heteroatoms. The van der Waals surface area contributed by atoms with Gasteiger partial charge in [-0.3, -0.25) is 9.69 Å². The number of hydrogen-bond acceptors (Lipinski definition) is 4. The Balaban J connectivity index is 1.34. The number of benzene rings is 1.